The number of hydrogen-bond donors (Lipinski definition) is 1. The van der Waals surface area contributed by atoms with Gasteiger partial charge >= 0.3 is 0 Å². The molecule has 0 saturated heterocycles. The highest BCUT2D eigenvalue weighted by molar-refractivity contribution is 7.80. The van der Waals surface area contributed by atoms with Crippen molar-refractivity contribution >= 4 is 17.2 Å². The Balaban J connectivity index is 1.78. The minimum Gasteiger partial charge on any atom is -0.392 e. The minimum absolute atomic E-state index is 0.655. The van der Waals surface area contributed by atoms with E-state index in [1.165, 1.54) is 32.2 Å². The average Bonchev–Trinajstić information content (AvgIpc) is 2.82. The monoisotopic (exact) mass is 184 g/mol. The van der Waals surface area contributed by atoms with Crippen LogP contribution in [0, 0.1) is 5.92 Å². The summed E-state index contributed by atoms with van der Waals surface area (Å²) in [5.41, 5.74) is 5.54. The van der Waals surface area contributed by atoms with Crippen molar-refractivity contribution in [3.8, 4) is 0 Å². The van der Waals surface area contributed by atoms with Gasteiger partial charge in [0.25, 0.3) is 0 Å². The smallest absolute Gasteiger partial charge is 0.0870 e. The Morgan fingerprint density at radius 1 is 1.33 bits per heavy atom. The van der Waals surface area contributed by atoms with Crippen LogP contribution in [0.3, 0.4) is 0 Å². The first-order valence-corrected chi connectivity index (χ1v) is 5.19. The molecule has 68 valence electrons. The summed E-state index contributed by atoms with van der Waals surface area (Å²) in [5.74, 6) is 0.958. The lowest BCUT2D eigenvalue weighted by atomic mass is 10.3. The Morgan fingerprint density at radius 2 is 2.00 bits per heavy atom. The van der Waals surface area contributed by atoms with Gasteiger partial charge in [0.05, 0.1) is 4.99 Å². The molecule has 0 spiro atoms. The van der Waals surface area contributed by atoms with Crippen molar-refractivity contribution in [2.45, 2.75) is 31.7 Å². The molecule has 2 N–H and O–H groups in total. The molecule has 0 aromatic heterocycles. The number of rotatable bonds is 5. The van der Waals surface area contributed by atoms with E-state index < -0.39 is 0 Å². The molecular weight excluding hydrogens is 168 g/mol. The summed E-state index contributed by atoms with van der Waals surface area (Å²) in [6.07, 6.45) is 5.55. The predicted molar refractivity (Wildman–Crippen MR) is 54.1 cm³/mol. The summed E-state index contributed by atoms with van der Waals surface area (Å²) in [7, 11) is 0. The van der Waals surface area contributed by atoms with Crippen molar-refractivity contribution < 1.29 is 0 Å². The van der Waals surface area contributed by atoms with Crippen LogP contribution in [0.2, 0.25) is 0 Å². The number of nitrogens with two attached hydrogens (primary N) is 1. The van der Waals surface area contributed by atoms with Gasteiger partial charge in [0.1, 0.15) is 0 Å². The zero-order chi connectivity index (χ0) is 8.55. The fourth-order valence-electron chi connectivity index (χ4n) is 1.61. The van der Waals surface area contributed by atoms with Crippen LogP contribution in [0.5, 0.6) is 0 Å². The Bertz CT molecular complexity index is 185. The zero-order valence-corrected chi connectivity index (χ0v) is 8.15. The highest BCUT2D eigenvalue weighted by atomic mass is 32.1. The van der Waals surface area contributed by atoms with Crippen LogP contribution in [-0.4, -0.2) is 29.0 Å². The van der Waals surface area contributed by atoms with Crippen LogP contribution >= 0.6 is 12.2 Å². The summed E-state index contributed by atoms with van der Waals surface area (Å²) in [6, 6.07) is 0.812. The quantitative estimate of drug-likeness (QED) is 0.650. The molecule has 0 heterocycles. The molecule has 2 saturated carbocycles. The largest absolute Gasteiger partial charge is 0.392 e. The molecule has 0 atom stereocenters. The summed E-state index contributed by atoms with van der Waals surface area (Å²) < 4.78 is 0. The maximum atomic E-state index is 5.54. The number of thiocarbonyl (C=S) groups is 1. The Kier molecular flexibility index (Phi) is 2.33. The van der Waals surface area contributed by atoms with Crippen molar-refractivity contribution in [1.29, 1.82) is 0 Å². The van der Waals surface area contributed by atoms with Gasteiger partial charge in [-0.1, -0.05) is 12.2 Å². The van der Waals surface area contributed by atoms with E-state index in [1.807, 2.05) is 0 Å². The van der Waals surface area contributed by atoms with Gasteiger partial charge in [-0.25, -0.2) is 0 Å². The third-order valence-electron chi connectivity index (χ3n) is 2.61. The molecular formula is C9H16N2S. The summed E-state index contributed by atoms with van der Waals surface area (Å²) in [5, 5.41) is 0. The predicted octanol–water partition coefficient (Wildman–Crippen LogP) is 1.15. The molecule has 2 aliphatic rings. The number of nitrogens with zero attached hydrogens (tertiary/aromatic N) is 1. The van der Waals surface area contributed by atoms with Gasteiger partial charge in [0.15, 0.2) is 0 Å². The highest BCUT2D eigenvalue weighted by Gasteiger charge is 2.33. The normalized spacial score (nSPS) is 23.1. The van der Waals surface area contributed by atoms with E-state index in [9.17, 15) is 0 Å². The maximum Gasteiger partial charge on any atom is 0.0870 e. The average molecular weight is 184 g/mol. The van der Waals surface area contributed by atoms with Crippen LogP contribution in [0.1, 0.15) is 25.7 Å². The molecule has 12 heavy (non-hydrogen) atoms. The Hall–Kier alpha value is -0.150. The summed E-state index contributed by atoms with van der Waals surface area (Å²) in [4.78, 5) is 3.13. The molecule has 2 fully saturated rings. The van der Waals surface area contributed by atoms with Crippen molar-refractivity contribution in [2.75, 3.05) is 13.1 Å². The second-order valence-corrected chi connectivity index (χ2v) is 4.59. The fraction of sp³-hybridized carbons (Fsp3) is 0.889. The highest BCUT2D eigenvalue weighted by Crippen LogP contribution is 2.34. The lowest BCUT2D eigenvalue weighted by Crippen LogP contribution is -2.35. The second kappa shape index (κ2) is 3.30. The molecule has 3 heteroatoms. The van der Waals surface area contributed by atoms with E-state index in [0.717, 1.165) is 18.5 Å². The van der Waals surface area contributed by atoms with Crippen molar-refractivity contribution in [1.82, 2.24) is 4.90 Å². The SMILES string of the molecule is NC(=S)CN(CC1CC1)C1CC1. The van der Waals surface area contributed by atoms with Crippen LogP contribution < -0.4 is 5.73 Å². The van der Waals surface area contributed by atoms with E-state index in [1.54, 1.807) is 0 Å². The molecule has 0 aromatic rings. The van der Waals surface area contributed by atoms with E-state index in [2.05, 4.69) is 4.90 Å². The molecule has 2 nitrogen and oxygen atoms in total. The first-order valence-electron chi connectivity index (χ1n) is 4.78. The third kappa shape index (κ3) is 2.42. The second-order valence-electron chi connectivity index (χ2n) is 4.07. The van der Waals surface area contributed by atoms with Crippen molar-refractivity contribution in [3.63, 3.8) is 0 Å². The van der Waals surface area contributed by atoms with Gasteiger partial charge in [-0.15, -0.1) is 0 Å². The van der Waals surface area contributed by atoms with Gasteiger partial charge in [0.2, 0.25) is 0 Å². The Labute approximate surface area is 79.1 Å². The van der Waals surface area contributed by atoms with E-state index >= 15 is 0 Å². The number of hydrogen-bond acceptors (Lipinski definition) is 2. The van der Waals surface area contributed by atoms with Gasteiger partial charge in [-0.2, -0.15) is 0 Å². The van der Waals surface area contributed by atoms with E-state index in [4.69, 9.17) is 18.0 Å². The van der Waals surface area contributed by atoms with Crippen molar-refractivity contribution in [2.24, 2.45) is 11.7 Å². The lowest BCUT2D eigenvalue weighted by Gasteiger charge is -2.20. The molecule has 0 amide bonds. The Morgan fingerprint density at radius 3 is 2.42 bits per heavy atom. The van der Waals surface area contributed by atoms with Crippen molar-refractivity contribution in [3.05, 3.63) is 0 Å². The minimum atomic E-state index is 0.655. The first-order chi connectivity index (χ1) is 5.75. The maximum absolute atomic E-state index is 5.54. The zero-order valence-electron chi connectivity index (χ0n) is 7.33. The lowest BCUT2D eigenvalue weighted by molar-refractivity contribution is 0.289. The van der Waals surface area contributed by atoms with E-state index in [-0.39, 0.29) is 0 Å². The third-order valence-corrected chi connectivity index (χ3v) is 2.74. The van der Waals surface area contributed by atoms with Crippen LogP contribution in [0.25, 0.3) is 0 Å². The van der Waals surface area contributed by atoms with Crippen LogP contribution in [0.15, 0.2) is 0 Å². The van der Waals surface area contributed by atoms with Gasteiger partial charge in [-0.3, -0.25) is 4.90 Å². The topological polar surface area (TPSA) is 29.3 Å². The molecule has 2 rings (SSSR count). The first kappa shape index (κ1) is 8.45. The molecule has 0 unspecified atom stereocenters. The molecule has 2 aliphatic carbocycles. The standard InChI is InChI=1S/C9H16N2S/c10-9(12)6-11(8-3-4-8)5-7-1-2-7/h7-8H,1-6H2,(H2,10,12). The van der Waals surface area contributed by atoms with Crippen LogP contribution in [0.4, 0.5) is 0 Å². The van der Waals surface area contributed by atoms with E-state index in [0.29, 0.717) is 4.99 Å². The summed E-state index contributed by atoms with van der Waals surface area (Å²) >= 11 is 4.93. The molecule has 0 aromatic carbocycles. The molecule has 0 radical (unpaired) electrons. The van der Waals surface area contributed by atoms with Gasteiger partial charge < -0.3 is 5.73 Å². The molecule has 0 aliphatic heterocycles. The van der Waals surface area contributed by atoms with Gasteiger partial charge in [-0.05, 0) is 31.6 Å². The fourth-order valence-corrected chi connectivity index (χ4v) is 1.78. The molecule has 0 bridgehead atoms. The van der Waals surface area contributed by atoms with Gasteiger partial charge in [0, 0.05) is 19.1 Å². The van der Waals surface area contributed by atoms with Crippen LogP contribution in [-0.2, 0) is 0 Å². The summed E-state index contributed by atoms with van der Waals surface area (Å²) in [6.45, 7) is 2.08.